The third-order valence-electron chi connectivity index (χ3n) is 5.34. The van der Waals surface area contributed by atoms with Crippen molar-refractivity contribution in [2.24, 2.45) is 0 Å². The van der Waals surface area contributed by atoms with E-state index in [4.69, 9.17) is 4.74 Å². The molecule has 0 aliphatic carbocycles. The molecule has 0 N–H and O–H groups in total. The number of ether oxygens (including phenoxy) is 1. The molecule has 142 valence electrons. The Balaban J connectivity index is 1.47. The van der Waals surface area contributed by atoms with Crippen LogP contribution in [-0.4, -0.2) is 30.0 Å². The van der Waals surface area contributed by atoms with Crippen LogP contribution in [0, 0.1) is 0 Å². The Labute approximate surface area is 166 Å². The van der Waals surface area contributed by atoms with Gasteiger partial charge in [-0.05, 0) is 42.2 Å². The Morgan fingerprint density at radius 2 is 1.57 bits per heavy atom. The van der Waals surface area contributed by atoms with Crippen LogP contribution < -0.4 is 4.74 Å². The molecule has 1 aliphatic rings. The topological polar surface area (TPSA) is 29.5 Å². The maximum atomic E-state index is 13.4. The van der Waals surface area contributed by atoms with Crippen molar-refractivity contribution < 1.29 is 9.53 Å². The van der Waals surface area contributed by atoms with Crippen LogP contribution in [0.4, 0.5) is 0 Å². The van der Waals surface area contributed by atoms with Crippen LogP contribution in [0.25, 0.3) is 11.1 Å². The van der Waals surface area contributed by atoms with Gasteiger partial charge in [0.25, 0.3) is 5.91 Å². The number of rotatable bonds is 6. The van der Waals surface area contributed by atoms with Gasteiger partial charge in [0.2, 0.25) is 0 Å². The Kier molecular flexibility index (Phi) is 5.72. The van der Waals surface area contributed by atoms with E-state index in [9.17, 15) is 4.79 Å². The molecular weight excluding hydrogens is 346 g/mol. The zero-order chi connectivity index (χ0) is 19.2. The molecule has 1 fully saturated rings. The molecule has 4 rings (SSSR count). The first-order valence-corrected chi connectivity index (χ1v) is 9.96. The van der Waals surface area contributed by atoms with Crippen molar-refractivity contribution in [2.75, 3.05) is 13.2 Å². The Morgan fingerprint density at radius 3 is 2.36 bits per heavy atom. The van der Waals surface area contributed by atoms with Gasteiger partial charge in [0.15, 0.2) is 0 Å². The normalized spacial score (nSPS) is 16.1. The molecule has 3 nitrogen and oxygen atoms in total. The maximum absolute atomic E-state index is 13.4. The summed E-state index contributed by atoms with van der Waals surface area (Å²) in [6.07, 6.45) is 2.95. The molecule has 3 aromatic rings. The van der Waals surface area contributed by atoms with Gasteiger partial charge in [-0.15, -0.1) is 0 Å². The fraction of sp³-hybridized carbons (Fsp3) is 0.240. The van der Waals surface area contributed by atoms with E-state index in [0.29, 0.717) is 6.61 Å². The zero-order valence-electron chi connectivity index (χ0n) is 16.0. The largest absolute Gasteiger partial charge is 0.494 e. The fourth-order valence-corrected chi connectivity index (χ4v) is 3.93. The molecular formula is C25H25NO2. The number of hydrogen-bond donors (Lipinski definition) is 0. The number of benzene rings is 3. The standard InChI is InChI=1S/C25H25NO2/c27-25(24-16-8-7-15-23(24)20-10-3-1-4-11-20)26-18-9-12-21(26)17-19-28-22-13-5-2-6-14-22/h1-8,10-11,13-16,21H,9,12,17-19H2. The van der Waals surface area contributed by atoms with E-state index in [0.717, 1.165) is 48.2 Å². The Bertz CT molecular complexity index is 908. The molecule has 1 heterocycles. The fourth-order valence-electron chi connectivity index (χ4n) is 3.93. The number of likely N-dealkylation sites (tertiary alicyclic amines) is 1. The van der Waals surface area contributed by atoms with Crippen LogP contribution >= 0.6 is 0 Å². The second kappa shape index (κ2) is 8.75. The van der Waals surface area contributed by atoms with Gasteiger partial charge in [0.1, 0.15) is 5.75 Å². The SMILES string of the molecule is O=C(c1ccccc1-c1ccccc1)N1CCCC1CCOc1ccccc1. The summed E-state index contributed by atoms with van der Waals surface area (Å²) in [5.41, 5.74) is 2.86. The van der Waals surface area contributed by atoms with Gasteiger partial charge in [0, 0.05) is 24.6 Å². The van der Waals surface area contributed by atoms with E-state index < -0.39 is 0 Å². The van der Waals surface area contributed by atoms with E-state index in [2.05, 4.69) is 12.1 Å². The number of para-hydroxylation sites is 1. The third-order valence-corrected chi connectivity index (χ3v) is 5.34. The van der Waals surface area contributed by atoms with Crippen molar-refractivity contribution >= 4 is 5.91 Å². The Morgan fingerprint density at radius 1 is 0.893 bits per heavy atom. The van der Waals surface area contributed by atoms with E-state index in [1.165, 1.54) is 0 Å². The molecule has 0 radical (unpaired) electrons. The first-order chi connectivity index (χ1) is 13.8. The van der Waals surface area contributed by atoms with Crippen molar-refractivity contribution in [3.05, 3.63) is 90.5 Å². The molecule has 1 amide bonds. The van der Waals surface area contributed by atoms with Gasteiger partial charge in [-0.3, -0.25) is 4.79 Å². The van der Waals surface area contributed by atoms with Crippen LogP contribution in [0.5, 0.6) is 5.75 Å². The summed E-state index contributed by atoms with van der Waals surface area (Å²) in [6.45, 7) is 1.44. The highest BCUT2D eigenvalue weighted by Gasteiger charge is 2.30. The quantitative estimate of drug-likeness (QED) is 0.578. The number of amides is 1. The maximum Gasteiger partial charge on any atom is 0.254 e. The summed E-state index contributed by atoms with van der Waals surface area (Å²) in [5.74, 6) is 1.01. The Hall–Kier alpha value is -3.07. The van der Waals surface area contributed by atoms with Crippen molar-refractivity contribution in [3.8, 4) is 16.9 Å². The van der Waals surface area contributed by atoms with Crippen LogP contribution in [0.2, 0.25) is 0 Å². The van der Waals surface area contributed by atoms with Crippen molar-refractivity contribution in [1.82, 2.24) is 4.90 Å². The van der Waals surface area contributed by atoms with E-state index >= 15 is 0 Å². The van der Waals surface area contributed by atoms with Gasteiger partial charge in [-0.25, -0.2) is 0 Å². The lowest BCUT2D eigenvalue weighted by atomic mass is 9.98. The lowest BCUT2D eigenvalue weighted by molar-refractivity contribution is 0.0720. The molecule has 0 aromatic heterocycles. The van der Waals surface area contributed by atoms with Crippen molar-refractivity contribution in [1.29, 1.82) is 0 Å². The number of carbonyl (C=O) groups excluding carboxylic acids is 1. The monoisotopic (exact) mass is 371 g/mol. The molecule has 0 spiro atoms. The molecule has 0 saturated carbocycles. The molecule has 1 saturated heterocycles. The molecule has 1 atom stereocenters. The van der Waals surface area contributed by atoms with Crippen LogP contribution in [0.15, 0.2) is 84.9 Å². The van der Waals surface area contributed by atoms with Gasteiger partial charge < -0.3 is 9.64 Å². The minimum Gasteiger partial charge on any atom is -0.494 e. The molecule has 28 heavy (non-hydrogen) atoms. The average molecular weight is 371 g/mol. The van der Waals surface area contributed by atoms with Gasteiger partial charge in [0.05, 0.1) is 6.61 Å². The van der Waals surface area contributed by atoms with Gasteiger partial charge in [-0.2, -0.15) is 0 Å². The minimum atomic E-state index is 0.127. The van der Waals surface area contributed by atoms with E-state index in [-0.39, 0.29) is 11.9 Å². The minimum absolute atomic E-state index is 0.127. The molecule has 0 bridgehead atoms. The predicted molar refractivity (Wildman–Crippen MR) is 112 cm³/mol. The number of hydrogen-bond acceptors (Lipinski definition) is 2. The summed E-state index contributed by atoms with van der Waals surface area (Å²) >= 11 is 0. The highest BCUT2D eigenvalue weighted by molar-refractivity contribution is 6.01. The molecule has 3 aromatic carbocycles. The second-order valence-electron chi connectivity index (χ2n) is 7.16. The van der Waals surface area contributed by atoms with Crippen LogP contribution in [0.1, 0.15) is 29.6 Å². The number of carbonyl (C=O) groups is 1. The first kappa shape index (κ1) is 18.3. The van der Waals surface area contributed by atoms with Crippen LogP contribution in [-0.2, 0) is 0 Å². The summed E-state index contributed by atoms with van der Waals surface area (Å²) in [6, 6.07) is 28.1. The van der Waals surface area contributed by atoms with Crippen LogP contribution in [0.3, 0.4) is 0 Å². The van der Waals surface area contributed by atoms with Crippen molar-refractivity contribution in [3.63, 3.8) is 0 Å². The molecule has 1 unspecified atom stereocenters. The number of nitrogens with zero attached hydrogens (tertiary/aromatic N) is 1. The lowest BCUT2D eigenvalue weighted by Crippen LogP contribution is -2.36. The second-order valence-corrected chi connectivity index (χ2v) is 7.16. The first-order valence-electron chi connectivity index (χ1n) is 9.96. The summed E-state index contributed by atoms with van der Waals surface area (Å²) in [4.78, 5) is 15.4. The highest BCUT2D eigenvalue weighted by atomic mass is 16.5. The third kappa shape index (κ3) is 4.09. The summed E-state index contributed by atoms with van der Waals surface area (Å²) in [5, 5.41) is 0. The van der Waals surface area contributed by atoms with Gasteiger partial charge in [-0.1, -0.05) is 66.7 Å². The summed E-state index contributed by atoms with van der Waals surface area (Å²) < 4.78 is 5.86. The predicted octanol–water partition coefficient (Wildman–Crippen LogP) is 5.43. The molecule has 1 aliphatic heterocycles. The van der Waals surface area contributed by atoms with E-state index in [1.807, 2.05) is 77.7 Å². The smallest absolute Gasteiger partial charge is 0.254 e. The average Bonchev–Trinajstić information content (AvgIpc) is 3.23. The van der Waals surface area contributed by atoms with Gasteiger partial charge >= 0.3 is 0 Å². The lowest BCUT2D eigenvalue weighted by Gasteiger charge is -2.26. The highest BCUT2D eigenvalue weighted by Crippen LogP contribution is 2.28. The zero-order valence-corrected chi connectivity index (χ0v) is 16.0. The van der Waals surface area contributed by atoms with E-state index in [1.54, 1.807) is 0 Å². The van der Waals surface area contributed by atoms with Crippen molar-refractivity contribution in [2.45, 2.75) is 25.3 Å². The molecule has 3 heteroatoms. The summed E-state index contributed by atoms with van der Waals surface area (Å²) in [7, 11) is 0.